The van der Waals surface area contributed by atoms with Crippen LogP contribution in [0.25, 0.3) is 6.08 Å². The van der Waals surface area contributed by atoms with E-state index in [9.17, 15) is 4.79 Å². The van der Waals surface area contributed by atoms with Crippen LogP contribution in [-0.4, -0.2) is 24.0 Å². The summed E-state index contributed by atoms with van der Waals surface area (Å²) in [5.41, 5.74) is 1.18. The quantitative estimate of drug-likeness (QED) is 0.593. The van der Waals surface area contributed by atoms with Gasteiger partial charge >= 0.3 is 0 Å². The zero-order valence-electron chi connectivity index (χ0n) is 9.76. The molecule has 0 saturated carbocycles. The van der Waals surface area contributed by atoms with E-state index in [2.05, 4.69) is 36.2 Å². The van der Waals surface area contributed by atoms with Crippen LogP contribution in [-0.2, 0) is 4.79 Å². The molecule has 1 aromatic rings. The molecule has 0 spiro atoms. The summed E-state index contributed by atoms with van der Waals surface area (Å²) in [6.07, 6.45) is 5.81. The molecule has 1 amide bonds. The highest BCUT2D eigenvalue weighted by molar-refractivity contribution is 8.00. The van der Waals surface area contributed by atoms with E-state index in [0.29, 0.717) is 12.3 Å². The molecule has 0 aliphatic carbocycles. The summed E-state index contributed by atoms with van der Waals surface area (Å²) in [5, 5.41) is 2.74. The van der Waals surface area contributed by atoms with Gasteiger partial charge in [0.05, 0.1) is 5.75 Å². The van der Waals surface area contributed by atoms with Crippen molar-refractivity contribution in [1.29, 1.82) is 0 Å². The van der Waals surface area contributed by atoms with E-state index in [4.69, 9.17) is 0 Å². The van der Waals surface area contributed by atoms with Gasteiger partial charge in [-0.25, -0.2) is 0 Å². The van der Waals surface area contributed by atoms with Gasteiger partial charge in [-0.05, 0) is 5.56 Å². The van der Waals surface area contributed by atoms with Crippen LogP contribution in [0, 0.1) is 0 Å². The second kappa shape index (κ2) is 8.65. The molecule has 2 nitrogen and oxygen atoms in total. The highest BCUT2D eigenvalue weighted by Gasteiger charge is 1.97. The minimum atomic E-state index is 0.0583. The normalized spacial score (nSPS) is 10.4. The van der Waals surface area contributed by atoms with Crippen LogP contribution in [0.2, 0.25) is 0 Å². The lowest BCUT2D eigenvalue weighted by molar-refractivity contribution is -0.118. The van der Waals surface area contributed by atoms with Crippen molar-refractivity contribution in [2.24, 2.45) is 0 Å². The van der Waals surface area contributed by atoms with Gasteiger partial charge in [0.1, 0.15) is 0 Å². The Hall–Kier alpha value is -1.48. The van der Waals surface area contributed by atoms with Crippen molar-refractivity contribution in [2.75, 3.05) is 18.1 Å². The number of thioether (sulfide) groups is 1. The summed E-state index contributed by atoms with van der Waals surface area (Å²) in [6, 6.07) is 10.1. The van der Waals surface area contributed by atoms with Gasteiger partial charge in [-0.2, -0.15) is 0 Å². The molecule has 0 saturated heterocycles. The molecule has 0 heterocycles. The summed E-state index contributed by atoms with van der Waals surface area (Å²) in [5.74, 6) is 1.40. The number of hydrogen-bond acceptors (Lipinski definition) is 2. The molecule has 1 rings (SSSR count). The van der Waals surface area contributed by atoms with Crippen LogP contribution in [0.4, 0.5) is 0 Å². The van der Waals surface area contributed by atoms with E-state index < -0.39 is 0 Å². The van der Waals surface area contributed by atoms with Crippen LogP contribution in [0.1, 0.15) is 5.56 Å². The molecule has 3 heteroatoms. The third-order valence-electron chi connectivity index (χ3n) is 2.00. The Morgan fingerprint density at radius 3 is 2.82 bits per heavy atom. The van der Waals surface area contributed by atoms with Crippen LogP contribution in [0.15, 0.2) is 49.1 Å². The van der Waals surface area contributed by atoms with Gasteiger partial charge < -0.3 is 5.32 Å². The molecule has 0 radical (unpaired) electrons. The van der Waals surface area contributed by atoms with Gasteiger partial charge in [-0.3, -0.25) is 4.79 Å². The first kappa shape index (κ1) is 13.6. The maximum absolute atomic E-state index is 11.2. The van der Waals surface area contributed by atoms with Crippen molar-refractivity contribution >= 4 is 23.7 Å². The molecule has 1 aromatic carbocycles. The summed E-state index contributed by atoms with van der Waals surface area (Å²) in [4.78, 5) is 11.2. The highest BCUT2D eigenvalue weighted by atomic mass is 32.2. The Morgan fingerprint density at radius 2 is 2.12 bits per heavy atom. The third-order valence-corrected chi connectivity index (χ3v) is 2.90. The van der Waals surface area contributed by atoms with Gasteiger partial charge in [0.2, 0.25) is 5.91 Å². The van der Waals surface area contributed by atoms with E-state index in [-0.39, 0.29) is 5.91 Å². The number of hydrogen-bond donors (Lipinski definition) is 1. The molecule has 1 N–H and O–H groups in total. The Balaban J connectivity index is 2.14. The monoisotopic (exact) mass is 247 g/mol. The number of rotatable bonds is 7. The predicted octanol–water partition coefficient (Wildman–Crippen LogP) is 2.74. The van der Waals surface area contributed by atoms with Crippen molar-refractivity contribution in [3.05, 3.63) is 54.6 Å². The predicted molar refractivity (Wildman–Crippen MR) is 76.0 cm³/mol. The van der Waals surface area contributed by atoms with Crippen molar-refractivity contribution in [1.82, 2.24) is 5.32 Å². The van der Waals surface area contributed by atoms with Crippen molar-refractivity contribution in [3.63, 3.8) is 0 Å². The van der Waals surface area contributed by atoms with Gasteiger partial charge in [0.25, 0.3) is 0 Å². The van der Waals surface area contributed by atoms with Crippen molar-refractivity contribution in [3.8, 4) is 0 Å². The minimum Gasteiger partial charge on any atom is -0.352 e. The summed E-state index contributed by atoms with van der Waals surface area (Å²) in [6.45, 7) is 4.08. The number of benzene rings is 1. The minimum absolute atomic E-state index is 0.0583. The Kier molecular flexibility index (Phi) is 6.91. The van der Waals surface area contributed by atoms with Crippen LogP contribution in [0.5, 0.6) is 0 Å². The van der Waals surface area contributed by atoms with E-state index in [1.54, 1.807) is 17.8 Å². The molecule has 17 heavy (non-hydrogen) atoms. The van der Waals surface area contributed by atoms with Crippen molar-refractivity contribution < 1.29 is 4.79 Å². The summed E-state index contributed by atoms with van der Waals surface area (Å²) in [7, 11) is 0. The molecule has 90 valence electrons. The Labute approximate surface area is 107 Å². The van der Waals surface area contributed by atoms with Crippen molar-refractivity contribution in [2.45, 2.75) is 0 Å². The second-order valence-corrected chi connectivity index (χ2v) is 4.45. The fourth-order valence-electron chi connectivity index (χ4n) is 1.21. The molecule has 0 atom stereocenters. The summed E-state index contributed by atoms with van der Waals surface area (Å²) < 4.78 is 0. The number of amides is 1. The SMILES string of the molecule is C=CCNC(=O)CSCC=Cc1ccccc1. The molecule has 0 aromatic heterocycles. The average Bonchev–Trinajstić information content (AvgIpc) is 2.37. The van der Waals surface area contributed by atoms with Gasteiger partial charge in [-0.15, -0.1) is 18.3 Å². The topological polar surface area (TPSA) is 29.1 Å². The van der Waals surface area contributed by atoms with E-state index in [0.717, 1.165) is 5.75 Å². The second-order valence-electron chi connectivity index (χ2n) is 3.42. The van der Waals surface area contributed by atoms with Gasteiger partial charge in [0.15, 0.2) is 0 Å². The number of nitrogens with one attached hydrogen (secondary N) is 1. The zero-order chi connectivity index (χ0) is 12.3. The lowest BCUT2D eigenvalue weighted by Crippen LogP contribution is -2.24. The average molecular weight is 247 g/mol. The fraction of sp³-hybridized carbons (Fsp3) is 0.214. The lowest BCUT2D eigenvalue weighted by Gasteiger charge is -2.00. The number of carbonyl (C=O) groups is 1. The van der Waals surface area contributed by atoms with E-state index >= 15 is 0 Å². The highest BCUT2D eigenvalue weighted by Crippen LogP contribution is 2.04. The Bertz CT molecular complexity index is 373. The van der Waals surface area contributed by atoms with Gasteiger partial charge in [-0.1, -0.05) is 48.6 Å². The van der Waals surface area contributed by atoms with E-state index in [1.807, 2.05) is 18.2 Å². The maximum atomic E-state index is 11.2. The molecule has 0 bridgehead atoms. The van der Waals surface area contributed by atoms with Gasteiger partial charge in [0, 0.05) is 12.3 Å². The van der Waals surface area contributed by atoms with E-state index in [1.165, 1.54) is 5.56 Å². The summed E-state index contributed by atoms with van der Waals surface area (Å²) >= 11 is 1.60. The standard InChI is InChI=1S/C14H17NOS/c1-2-10-15-14(16)12-17-11-6-9-13-7-4-3-5-8-13/h2-9H,1,10-12H2,(H,15,16). The molecule has 0 unspecified atom stereocenters. The van der Waals surface area contributed by atoms with Crippen LogP contribution < -0.4 is 5.32 Å². The molecule has 0 aliphatic rings. The smallest absolute Gasteiger partial charge is 0.230 e. The fourth-order valence-corrected chi connectivity index (χ4v) is 1.84. The Morgan fingerprint density at radius 1 is 1.35 bits per heavy atom. The number of carbonyl (C=O) groups excluding carboxylic acids is 1. The molecule has 0 fully saturated rings. The first-order chi connectivity index (χ1) is 8.33. The maximum Gasteiger partial charge on any atom is 0.230 e. The largest absolute Gasteiger partial charge is 0.352 e. The lowest BCUT2D eigenvalue weighted by atomic mass is 10.2. The third kappa shape index (κ3) is 6.64. The first-order valence-electron chi connectivity index (χ1n) is 5.50. The molecule has 0 aliphatic heterocycles. The molecular weight excluding hydrogens is 230 g/mol. The van der Waals surface area contributed by atoms with Crippen LogP contribution in [0.3, 0.4) is 0 Å². The molecular formula is C14H17NOS. The first-order valence-corrected chi connectivity index (χ1v) is 6.65. The van der Waals surface area contributed by atoms with Crippen LogP contribution >= 0.6 is 11.8 Å². The zero-order valence-corrected chi connectivity index (χ0v) is 10.6.